The van der Waals surface area contributed by atoms with Crippen LogP contribution in [0.2, 0.25) is 0 Å². The van der Waals surface area contributed by atoms with E-state index in [1.54, 1.807) is 42.5 Å². The van der Waals surface area contributed by atoms with Gasteiger partial charge >= 0.3 is 5.91 Å². The van der Waals surface area contributed by atoms with Gasteiger partial charge in [0, 0.05) is 23.7 Å². The van der Waals surface area contributed by atoms with Gasteiger partial charge < -0.3 is 14.6 Å². The number of Topliss-reactive ketones (excluding diaryl/α,β-unsaturated/α-hetero) is 1. The second-order valence-corrected chi connectivity index (χ2v) is 11.7. The Bertz CT molecular complexity index is 1630. The van der Waals surface area contributed by atoms with Gasteiger partial charge in [-0.15, -0.1) is 10.2 Å². The molecular weight excluding hydrogens is 591 g/mol. The lowest BCUT2D eigenvalue weighted by Gasteiger charge is -2.23. The zero-order valence-corrected chi connectivity index (χ0v) is 25.2. The third-order valence-corrected chi connectivity index (χ3v) is 8.74. The maximum absolute atomic E-state index is 13.6. The predicted octanol–water partition coefficient (Wildman–Crippen LogP) is 6.57. The number of amides is 1. The topological polar surface area (TPSA) is 115 Å². The summed E-state index contributed by atoms with van der Waals surface area (Å²) < 4.78 is 25.7. The summed E-state index contributed by atoms with van der Waals surface area (Å²) in [5.74, 6) is -0.827. The molecule has 1 atom stereocenters. The Morgan fingerprint density at radius 1 is 1.02 bits per heavy atom. The van der Waals surface area contributed by atoms with Crippen LogP contribution in [0.1, 0.15) is 49.4 Å². The Morgan fingerprint density at radius 3 is 2.51 bits per heavy atom. The van der Waals surface area contributed by atoms with E-state index in [9.17, 15) is 19.1 Å². The van der Waals surface area contributed by atoms with Crippen LogP contribution in [0.25, 0.3) is 5.76 Å². The first kappa shape index (κ1) is 30.2. The van der Waals surface area contributed by atoms with Crippen molar-refractivity contribution in [3.8, 4) is 11.5 Å². The lowest BCUT2D eigenvalue weighted by Crippen LogP contribution is -2.29. The van der Waals surface area contributed by atoms with Crippen molar-refractivity contribution in [1.29, 1.82) is 0 Å². The van der Waals surface area contributed by atoms with Crippen LogP contribution in [0.5, 0.6) is 11.5 Å². The molecule has 1 unspecified atom stereocenters. The largest absolute Gasteiger partial charge is 0.507 e. The maximum atomic E-state index is 13.6. The molecular formula is C31H29FN4O5S2. The van der Waals surface area contributed by atoms with Crippen LogP contribution < -0.4 is 14.4 Å². The summed E-state index contributed by atoms with van der Waals surface area (Å²) in [5.41, 5.74) is 1.67. The van der Waals surface area contributed by atoms with Crippen molar-refractivity contribution in [1.82, 2.24) is 15.2 Å². The molecule has 1 amide bonds. The summed E-state index contributed by atoms with van der Waals surface area (Å²) in [6.07, 6.45) is 4.83. The summed E-state index contributed by atoms with van der Waals surface area (Å²) in [4.78, 5) is 32.3. The van der Waals surface area contributed by atoms with Crippen LogP contribution in [0.15, 0.2) is 76.9 Å². The van der Waals surface area contributed by atoms with Crippen molar-refractivity contribution in [3.05, 3.63) is 95.1 Å². The van der Waals surface area contributed by atoms with Crippen LogP contribution in [-0.4, -0.2) is 45.2 Å². The van der Waals surface area contributed by atoms with E-state index in [4.69, 9.17) is 9.47 Å². The fourth-order valence-corrected chi connectivity index (χ4v) is 6.33. The quantitative estimate of drug-likeness (QED) is 0.0469. The second-order valence-electron chi connectivity index (χ2n) is 9.51. The first-order chi connectivity index (χ1) is 20.9. The van der Waals surface area contributed by atoms with Gasteiger partial charge in [0.25, 0.3) is 5.78 Å². The molecule has 1 N–H and O–H groups in total. The van der Waals surface area contributed by atoms with Gasteiger partial charge in [-0.05, 0) is 60.9 Å². The normalized spacial score (nSPS) is 16.1. The van der Waals surface area contributed by atoms with Crippen LogP contribution >= 0.6 is 23.1 Å². The molecule has 2 aromatic carbocycles. The van der Waals surface area contributed by atoms with Crippen molar-refractivity contribution >= 4 is 45.7 Å². The standard InChI is InChI=1S/C31H29FN4O5S2/c1-3-5-16-41-23-11-8-21(17-24(23)40-4-2)26-25(27(37)20-12-14-33-15-13-20)28(38)29(39)36(26)30-34-35-31(43-30)42-18-19-6-9-22(32)10-7-19/h6-15,17,26,37H,3-5,16,18H2,1-2H3. The van der Waals surface area contributed by atoms with Gasteiger partial charge in [-0.2, -0.15) is 0 Å². The first-order valence-corrected chi connectivity index (χ1v) is 15.5. The molecule has 1 aliphatic heterocycles. The number of thioether (sulfide) groups is 1. The van der Waals surface area contributed by atoms with Gasteiger partial charge in [-0.3, -0.25) is 19.5 Å². The number of nitrogens with zero attached hydrogens (tertiary/aromatic N) is 4. The minimum absolute atomic E-state index is 0.0889. The molecule has 0 spiro atoms. The predicted molar refractivity (Wildman–Crippen MR) is 163 cm³/mol. The molecule has 0 saturated carbocycles. The Balaban J connectivity index is 1.55. The number of benzene rings is 2. The van der Waals surface area contributed by atoms with Crippen LogP contribution in [0.3, 0.4) is 0 Å². The SMILES string of the molecule is CCCCOc1ccc(C2C(=C(O)c3ccncc3)C(=O)C(=O)N2c2nnc(SCc3ccc(F)cc3)s2)cc1OCC. The van der Waals surface area contributed by atoms with E-state index in [1.165, 1.54) is 41.2 Å². The van der Waals surface area contributed by atoms with Crippen molar-refractivity contribution in [2.45, 2.75) is 42.8 Å². The number of pyridine rings is 1. The number of aliphatic hydroxyl groups is 1. The molecule has 1 saturated heterocycles. The number of aromatic nitrogens is 3. The van der Waals surface area contributed by atoms with E-state index in [-0.39, 0.29) is 22.3 Å². The fourth-order valence-electron chi connectivity index (χ4n) is 4.50. The van der Waals surface area contributed by atoms with Crippen molar-refractivity contribution in [2.75, 3.05) is 18.1 Å². The van der Waals surface area contributed by atoms with Gasteiger partial charge in [0.2, 0.25) is 5.13 Å². The number of hydrogen-bond donors (Lipinski definition) is 1. The molecule has 0 radical (unpaired) electrons. The minimum Gasteiger partial charge on any atom is -0.507 e. The number of aliphatic hydroxyl groups excluding tert-OH is 1. The van der Waals surface area contributed by atoms with E-state index >= 15 is 0 Å². The fraction of sp³-hybridized carbons (Fsp3) is 0.258. The molecule has 12 heteroatoms. The van der Waals surface area contributed by atoms with E-state index < -0.39 is 17.7 Å². The Hall–Kier alpha value is -4.29. The number of ketones is 1. The number of rotatable bonds is 12. The van der Waals surface area contributed by atoms with Crippen molar-refractivity contribution < 1.29 is 28.6 Å². The molecule has 0 aliphatic carbocycles. The molecule has 222 valence electrons. The van der Waals surface area contributed by atoms with E-state index in [0.717, 1.165) is 29.7 Å². The van der Waals surface area contributed by atoms with Crippen LogP contribution in [0, 0.1) is 5.82 Å². The highest BCUT2D eigenvalue weighted by Gasteiger charge is 2.48. The number of anilines is 1. The minimum atomic E-state index is -1.01. The monoisotopic (exact) mass is 620 g/mol. The second kappa shape index (κ2) is 13.8. The molecule has 0 bridgehead atoms. The highest BCUT2D eigenvalue weighted by atomic mass is 32.2. The number of ether oxygens (including phenoxy) is 2. The van der Waals surface area contributed by atoms with Gasteiger partial charge in [0.15, 0.2) is 15.8 Å². The molecule has 9 nitrogen and oxygen atoms in total. The summed E-state index contributed by atoms with van der Waals surface area (Å²) in [7, 11) is 0. The lowest BCUT2D eigenvalue weighted by atomic mass is 9.95. The van der Waals surface area contributed by atoms with Gasteiger partial charge in [-0.25, -0.2) is 4.39 Å². The molecule has 2 aromatic heterocycles. The zero-order chi connectivity index (χ0) is 30.3. The molecule has 43 heavy (non-hydrogen) atoms. The van der Waals surface area contributed by atoms with Crippen molar-refractivity contribution in [2.24, 2.45) is 0 Å². The molecule has 1 fully saturated rings. The molecule has 4 aromatic rings. The third kappa shape index (κ3) is 6.70. The number of carbonyl (C=O) groups excluding carboxylic acids is 2. The molecule has 1 aliphatic rings. The van der Waals surface area contributed by atoms with E-state index in [2.05, 4.69) is 22.1 Å². The number of unbranched alkanes of at least 4 members (excludes halogenated alkanes) is 1. The molecule has 5 rings (SSSR count). The van der Waals surface area contributed by atoms with Crippen molar-refractivity contribution in [3.63, 3.8) is 0 Å². The lowest BCUT2D eigenvalue weighted by molar-refractivity contribution is -0.132. The smallest absolute Gasteiger partial charge is 0.301 e. The third-order valence-electron chi connectivity index (χ3n) is 6.61. The highest BCUT2D eigenvalue weighted by Crippen LogP contribution is 2.45. The van der Waals surface area contributed by atoms with E-state index in [0.29, 0.717) is 45.9 Å². The van der Waals surface area contributed by atoms with Gasteiger partial charge in [0.1, 0.15) is 11.6 Å². The Labute approximate surface area is 256 Å². The maximum Gasteiger partial charge on any atom is 0.301 e. The van der Waals surface area contributed by atoms with Crippen LogP contribution in [0.4, 0.5) is 9.52 Å². The average Bonchev–Trinajstić information content (AvgIpc) is 3.59. The summed E-state index contributed by atoms with van der Waals surface area (Å²) in [5, 5.41) is 20.0. The summed E-state index contributed by atoms with van der Waals surface area (Å²) >= 11 is 2.52. The van der Waals surface area contributed by atoms with Crippen LogP contribution in [-0.2, 0) is 15.3 Å². The number of hydrogen-bond acceptors (Lipinski definition) is 10. The Kier molecular flexibility index (Phi) is 9.68. The number of carbonyl (C=O) groups is 2. The highest BCUT2D eigenvalue weighted by molar-refractivity contribution is 8.00. The average molecular weight is 621 g/mol. The molecule has 3 heterocycles. The summed E-state index contributed by atoms with van der Waals surface area (Å²) in [6.45, 7) is 4.81. The summed E-state index contributed by atoms with van der Waals surface area (Å²) in [6, 6.07) is 13.5. The zero-order valence-electron chi connectivity index (χ0n) is 23.5. The van der Waals surface area contributed by atoms with E-state index in [1.807, 2.05) is 6.92 Å². The Morgan fingerprint density at radius 2 is 1.79 bits per heavy atom. The first-order valence-electron chi connectivity index (χ1n) is 13.7. The van der Waals surface area contributed by atoms with Gasteiger partial charge in [0.05, 0.1) is 24.8 Å². The number of halogens is 1. The van der Waals surface area contributed by atoms with Gasteiger partial charge in [-0.1, -0.05) is 54.6 Å².